The zero-order valence-corrected chi connectivity index (χ0v) is 18.0. The Morgan fingerprint density at radius 2 is 2.00 bits per heavy atom. The number of amides is 1. The molecule has 1 amide bonds. The minimum atomic E-state index is -1.29. The summed E-state index contributed by atoms with van der Waals surface area (Å²) in [5, 5.41) is 0.938. The largest absolute Gasteiger partial charge is 0.305 e. The van der Waals surface area contributed by atoms with Gasteiger partial charge in [-0.2, -0.15) is 0 Å². The van der Waals surface area contributed by atoms with Gasteiger partial charge in [-0.1, -0.05) is 12.1 Å². The fourth-order valence-corrected chi connectivity index (χ4v) is 4.18. The highest BCUT2D eigenvalue weighted by molar-refractivity contribution is 7.85. The molecule has 1 aliphatic carbocycles. The lowest BCUT2D eigenvalue weighted by Gasteiger charge is -2.19. The van der Waals surface area contributed by atoms with Crippen molar-refractivity contribution >= 4 is 39.2 Å². The van der Waals surface area contributed by atoms with Crippen molar-refractivity contribution < 1.29 is 9.00 Å². The number of aryl methyl sites for hydroxylation is 1. The van der Waals surface area contributed by atoms with Gasteiger partial charge in [-0.3, -0.25) is 9.59 Å². The molecule has 1 unspecified atom stereocenters. The van der Waals surface area contributed by atoms with E-state index in [-0.39, 0.29) is 11.5 Å². The standard InChI is InChI=1S/C23H23N3O3S/c1-4-26-21-12-11-16(13-19(21)18(14-22(26)27)15-9-10-15)25(2)23(28)17-7-5-6-8-20(17)24-30(3)29/h5-8,13-15,24H,4,9-10H2,1-3H3. The molecule has 1 aliphatic rings. The SMILES string of the molecule is CCn1c(=O)cc(C2CC2)c2cc(N(C)C(=O)c3ccccc3NS(C)=O)c#cc21. The zero-order valence-electron chi connectivity index (χ0n) is 17.2. The van der Waals surface area contributed by atoms with Gasteiger partial charge in [0.15, 0.2) is 0 Å². The van der Waals surface area contributed by atoms with Gasteiger partial charge in [0.2, 0.25) is 0 Å². The van der Waals surface area contributed by atoms with E-state index in [9.17, 15) is 13.8 Å². The lowest BCUT2D eigenvalue weighted by Crippen LogP contribution is -2.27. The molecule has 3 aromatic rings. The average Bonchev–Trinajstić information content (AvgIpc) is 3.57. The van der Waals surface area contributed by atoms with Gasteiger partial charge in [0.25, 0.3) is 11.5 Å². The Bertz CT molecular complexity index is 1210. The van der Waals surface area contributed by atoms with Gasteiger partial charge >= 0.3 is 0 Å². The summed E-state index contributed by atoms with van der Waals surface area (Å²) >= 11 is 0. The van der Waals surface area contributed by atoms with Crippen LogP contribution in [0.1, 0.15) is 41.6 Å². The normalized spacial score (nSPS) is 14.2. The van der Waals surface area contributed by atoms with E-state index in [0.717, 1.165) is 29.3 Å². The van der Waals surface area contributed by atoms with Crippen LogP contribution < -0.4 is 15.2 Å². The summed E-state index contributed by atoms with van der Waals surface area (Å²) in [5.74, 6) is 0.144. The lowest BCUT2D eigenvalue weighted by atomic mass is 10.0. The number of aromatic nitrogens is 1. The van der Waals surface area contributed by atoms with Crippen molar-refractivity contribution in [3.05, 3.63) is 70.0 Å². The second kappa shape index (κ2) is 7.96. The van der Waals surface area contributed by atoms with E-state index in [1.54, 1.807) is 41.9 Å². The molecule has 2 aromatic carbocycles. The van der Waals surface area contributed by atoms with Gasteiger partial charge in [0.1, 0.15) is 16.5 Å². The summed E-state index contributed by atoms with van der Waals surface area (Å²) < 4.78 is 16.1. The van der Waals surface area contributed by atoms with E-state index >= 15 is 0 Å². The molecule has 1 aromatic heterocycles. The number of hydrogen-bond acceptors (Lipinski definition) is 3. The molecule has 1 N–H and O–H groups in total. The molecule has 6 nitrogen and oxygen atoms in total. The summed E-state index contributed by atoms with van der Waals surface area (Å²) in [5.41, 5.74) is 3.22. The number of pyridine rings is 1. The van der Waals surface area contributed by atoms with E-state index in [0.29, 0.717) is 29.4 Å². The van der Waals surface area contributed by atoms with Gasteiger partial charge in [-0.05, 0) is 61.6 Å². The number of para-hydroxylation sites is 1. The predicted octanol–water partition coefficient (Wildman–Crippen LogP) is 3.48. The zero-order chi connectivity index (χ0) is 21.4. The first-order valence-electron chi connectivity index (χ1n) is 9.89. The summed E-state index contributed by atoms with van der Waals surface area (Å²) in [6.45, 7) is 2.47. The van der Waals surface area contributed by atoms with Gasteiger partial charge in [-0.15, -0.1) is 0 Å². The molecule has 154 valence electrons. The number of carbonyl (C=O) groups is 1. The Labute approximate surface area is 178 Å². The third-order valence-electron chi connectivity index (χ3n) is 5.38. The van der Waals surface area contributed by atoms with Crippen molar-refractivity contribution in [1.29, 1.82) is 0 Å². The second-order valence-electron chi connectivity index (χ2n) is 7.46. The molecule has 1 heterocycles. The highest BCUT2D eigenvalue weighted by atomic mass is 32.2. The molecule has 1 atom stereocenters. The molecule has 0 bridgehead atoms. The smallest absolute Gasteiger partial charge is 0.260 e. The van der Waals surface area contributed by atoms with Crippen LogP contribution in [0.25, 0.3) is 10.9 Å². The highest BCUT2D eigenvalue weighted by Crippen LogP contribution is 2.42. The van der Waals surface area contributed by atoms with Crippen molar-refractivity contribution in [3.63, 3.8) is 0 Å². The monoisotopic (exact) mass is 421 g/mol. The minimum Gasteiger partial charge on any atom is -0.305 e. The van der Waals surface area contributed by atoms with Crippen LogP contribution in [-0.4, -0.2) is 28.0 Å². The van der Waals surface area contributed by atoms with Gasteiger partial charge in [0.05, 0.1) is 16.9 Å². The Morgan fingerprint density at radius 3 is 2.67 bits per heavy atom. The first kappa shape index (κ1) is 20.2. The molecule has 7 heteroatoms. The summed E-state index contributed by atoms with van der Waals surface area (Å²) in [6.07, 6.45) is 3.66. The molecule has 1 fully saturated rings. The first-order valence-corrected chi connectivity index (χ1v) is 11.4. The second-order valence-corrected chi connectivity index (χ2v) is 8.58. The lowest BCUT2D eigenvalue weighted by molar-refractivity contribution is 0.0994. The van der Waals surface area contributed by atoms with Crippen LogP contribution in [0, 0.1) is 12.1 Å². The topological polar surface area (TPSA) is 71.4 Å². The molecule has 0 spiro atoms. The Kier molecular flexibility index (Phi) is 5.35. The number of benzene rings is 1. The Balaban J connectivity index is 1.77. The maximum absolute atomic E-state index is 13.2. The molecular weight excluding hydrogens is 398 g/mol. The molecule has 1 saturated carbocycles. The maximum atomic E-state index is 13.2. The van der Waals surface area contributed by atoms with Gasteiger partial charge < -0.3 is 14.2 Å². The first-order chi connectivity index (χ1) is 14.4. The van der Waals surface area contributed by atoms with Crippen molar-refractivity contribution in [2.75, 3.05) is 22.9 Å². The molecule has 30 heavy (non-hydrogen) atoms. The highest BCUT2D eigenvalue weighted by Gasteiger charge is 2.27. The molecule has 4 rings (SSSR count). The van der Waals surface area contributed by atoms with E-state index in [2.05, 4.69) is 16.9 Å². The van der Waals surface area contributed by atoms with Crippen LogP contribution in [0.15, 0.2) is 41.2 Å². The number of nitrogens with zero attached hydrogens (tertiary/aromatic N) is 2. The summed E-state index contributed by atoms with van der Waals surface area (Å²) in [4.78, 5) is 27.2. The molecular formula is C23H23N3O3S. The number of hydrogen-bond donors (Lipinski definition) is 1. The summed E-state index contributed by atoms with van der Waals surface area (Å²) in [6, 6.07) is 16.8. The molecule has 0 saturated heterocycles. The van der Waals surface area contributed by atoms with Crippen LogP contribution >= 0.6 is 0 Å². The van der Waals surface area contributed by atoms with Crippen LogP contribution in [0.4, 0.5) is 11.4 Å². The Morgan fingerprint density at radius 1 is 1.27 bits per heavy atom. The summed E-state index contributed by atoms with van der Waals surface area (Å²) in [7, 11) is 0.386. The molecule has 0 radical (unpaired) electrons. The van der Waals surface area contributed by atoms with Crippen molar-refractivity contribution in [3.8, 4) is 0 Å². The Hall–Kier alpha value is -3.11. The van der Waals surface area contributed by atoms with Crippen molar-refractivity contribution in [2.45, 2.75) is 32.2 Å². The van der Waals surface area contributed by atoms with E-state index < -0.39 is 11.0 Å². The maximum Gasteiger partial charge on any atom is 0.260 e. The minimum absolute atomic E-state index is 0.0266. The third-order valence-corrected chi connectivity index (χ3v) is 5.89. The fourth-order valence-electron chi connectivity index (χ4n) is 3.69. The number of anilines is 2. The number of fused-ring (bicyclic) bond motifs is 1. The van der Waals surface area contributed by atoms with E-state index in [4.69, 9.17) is 0 Å². The van der Waals surface area contributed by atoms with Crippen LogP contribution in [0.2, 0.25) is 0 Å². The predicted molar refractivity (Wildman–Crippen MR) is 120 cm³/mol. The van der Waals surface area contributed by atoms with Crippen LogP contribution in [0.5, 0.6) is 0 Å². The number of rotatable bonds is 6. The quantitative estimate of drug-likeness (QED) is 0.662. The number of carbonyl (C=O) groups excluding carboxylic acids is 1. The molecule has 0 aliphatic heterocycles. The van der Waals surface area contributed by atoms with Crippen molar-refractivity contribution in [1.82, 2.24) is 4.57 Å². The van der Waals surface area contributed by atoms with Crippen LogP contribution in [-0.2, 0) is 17.5 Å². The number of nitrogens with one attached hydrogen (secondary N) is 1. The van der Waals surface area contributed by atoms with E-state index in [1.165, 1.54) is 11.2 Å². The van der Waals surface area contributed by atoms with Gasteiger partial charge in [-0.25, -0.2) is 4.21 Å². The average molecular weight is 422 g/mol. The third kappa shape index (κ3) is 3.71. The van der Waals surface area contributed by atoms with Crippen molar-refractivity contribution in [2.24, 2.45) is 0 Å². The van der Waals surface area contributed by atoms with Crippen LogP contribution in [0.3, 0.4) is 0 Å². The van der Waals surface area contributed by atoms with Gasteiger partial charge in [0, 0.05) is 31.3 Å². The van der Waals surface area contributed by atoms with E-state index in [1.807, 2.05) is 13.0 Å². The fraction of sp³-hybridized carbons (Fsp3) is 0.304.